The van der Waals surface area contributed by atoms with Crippen molar-refractivity contribution in [3.63, 3.8) is 0 Å². The number of hydrogen-bond acceptors (Lipinski definition) is 2. The maximum absolute atomic E-state index is 6.20. The standard InChI is InChI=1S/C15H21NO/c1-11-3-4-12-5-7-15(14(12)9-11)10-13(16-2)6-8-17-15/h3-4,9,13,16H,5-8,10H2,1-2H3. The van der Waals surface area contributed by atoms with Crippen molar-refractivity contribution in [3.8, 4) is 0 Å². The third-order valence-corrected chi connectivity index (χ3v) is 4.38. The Kier molecular flexibility index (Phi) is 2.72. The van der Waals surface area contributed by atoms with E-state index in [1.165, 1.54) is 23.1 Å². The molecule has 1 aromatic carbocycles. The Morgan fingerprint density at radius 3 is 3.12 bits per heavy atom. The molecule has 2 aliphatic rings. The summed E-state index contributed by atoms with van der Waals surface area (Å²) >= 11 is 0. The van der Waals surface area contributed by atoms with Crippen molar-refractivity contribution < 1.29 is 4.74 Å². The summed E-state index contributed by atoms with van der Waals surface area (Å²) in [5, 5.41) is 3.42. The molecule has 0 bridgehead atoms. The zero-order valence-corrected chi connectivity index (χ0v) is 10.8. The third-order valence-electron chi connectivity index (χ3n) is 4.38. The van der Waals surface area contributed by atoms with Gasteiger partial charge in [0.15, 0.2) is 0 Å². The molecule has 2 atom stereocenters. The minimum atomic E-state index is 0.00722. The van der Waals surface area contributed by atoms with Crippen LogP contribution in [0.15, 0.2) is 18.2 Å². The maximum atomic E-state index is 6.20. The summed E-state index contributed by atoms with van der Waals surface area (Å²) in [6.45, 7) is 3.06. The van der Waals surface area contributed by atoms with Crippen LogP contribution in [0.25, 0.3) is 0 Å². The Morgan fingerprint density at radius 1 is 1.41 bits per heavy atom. The van der Waals surface area contributed by atoms with Crippen molar-refractivity contribution in [1.82, 2.24) is 5.32 Å². The number of fused-ring (bicyclic) bond motifs is 2. The average molecular weight is 231 g/mol. The Bertz CT molecular complexity index is 425. The molecule has 17 heavy (non-hydrogen) atoms. The van der Waals surface area contributed by atoms with Gasteiger partial charge in [0.1, 0.15) is 0 Å². The van der Waals surface area contributed by atoms with E-state index in [1.54, 1.807) is 0 Å². The van der Waals surface area contributed by atoms with Crippen molar-refractivity contribution in [2.45, 2.75) is 44.2 Å². The molecule has 1 spiro atoms. The highest BCUT2D eigenvalue weighted by Gasteiger charge is 2.43. The molecule has 0 amide bonds. The molecule has 1 fully saturated rings. The van der Waals surface area contributed by atoms with Gasteiger partial charge in [-0.2, -0.15) is 0 Å². The van der Waals surface area contributed by atoms with Crippen molar-refractivity contribution in [1.29, 1.82) is 0 Å². The van der Waals surface area contributed by atoms with Crippen molar-refractivity contribution in [3.05, 3.63) is 34.9 Å². The van der Waals surface area contributed by atoms with Crippen LogP contribution >= 0.6 is 0 Å². The smallest absolute Gasteiger partial charge is 0.0952 e. The highest BCUT2D eigenvalue weighted by Crippen LogP contribution is 2.45. The largest absolute Gasteiger partial charge is 0.370 e. The summed E-state index contributed by atoms with van der Waals surface area (Å²) in [7, 11) is 2.07. The number of nitrogens with one attached hydrogen (secondary N) is 1. The van der Waals surface area contributed by atoms with Gasteiger partial charge in [-0.05, 0) is 50.8 Å². The molecule has 1 saturated heterocycles. The van der Waals surface area contributed by atoms with Crippen LogP contribution in [-0.2, 0) is 16.8 Å². The summed E-state index contributed by atoms with van der Waals surface area (Å²) in [5.74, 6) is 0. The second-order valence-electron chi connectivity index (χ2n) is 5.48. The molecule has 3 rings (SSSR count). The first kappa shape index (κ1) is 11.2. The summed E-state index contributed by atoms with van der Waals surface area (Å²) < 4.78 is 6.20. The molecular weight excluding hydrogens is 210 g/mol. The highest BCUT2D eigenvalue weighted by molar-refractivity contribution is 5.40. The van der Waals surface area contributed by atoms with Crippen molar-refractivity contribution in [2.24, 2.45) is 0 Å². The zero-order chi connectivity index (χ0) is 11.9. The lowest BCUT2D eigenvalue weighted by Crippen LogP contribution is -2.43. The quantitative estimate of drug-likeness (QED) is 0.802. The molecule has 1 aliphatic carbocycles. The SMILES string of the molecule is CNC1CCOC2(CCc3ccc(C)cc32)C1. The Labute approximate surface area is 103 Å². The van der Waals surface area contributed by atoms with E-state index in [9.17, 15) is 0 Å². The fraction of sp³-hybridized carbons (Fsp3) is 0.600. The number of rotatable bonds is 1. The highest BCUT2D eigenvalue weighted by atomic mass is 16.5. The Morgan fingerprint density at radius 2 is 2.29 bits per heavy atom. The minimum Gasteiger partial charge on any atom is -0.370 e. The summed E-state index contributed by atoms with van der Waals surface area (Å²) in [6, 6.07) is 7.44. The molecule has 2 nitrogen and oxygen atoms in total. The number of aryl methyl sites for hydroxylation is 2. The fourth-order valence-corrected chi connectivity index (χ4v) is 3.37. The van der Waals surface area contributed by atoms with Gasteiger partial charge < -0.3 is 10.1 Å². The van der Waals surface area contributed by atoms with E-state index < -0.39 is 0 Å². The molecule has 0 saturated carbocycles. The van der Waals surface area contributed by atoms with Crippen LogP contribution in [0.5, 0.6) is 0 Å². The van der Waals surface area contributed by atoms with Crippen LogP contribution < -0.4 is 5.32 Å². The van der Waals surface area contributed by atoms with Crippen molar-refractivity contribution in [2.75, 3.05) is 13.7 Å². The first-order valence-corrected chi connectivity index (χ1v) is 6.65. The van der Waals surface area contributed by atoms with Gasteiger partial charge in [-0.25, -0.2) is 0 Å². The maximum Gasteiger partial charge on any atom is 0.0952 e. The minimum absolute atomic E-state index is 0.00722. The molecule has 2 heteroatoms. The van der Waals surface area contributed by atoms with Crippen LogP contribution in [0.4, 0.5) is 0 Å². The van der Waals surface area contributed by atoms with Gasteiger partial charge >= 0.3 is 0 Å². The predicted molar refractivity (Wildman–Crippen MR) is 69.2 cm³/mol. The molecule has 0 radical (unpaired) electrons. The van der Waals surface area contributed by atoms with E-state index in [-0.39, 0.29) is 5.60 Å². The summed E-state index contributed by atoms with van der Waals surface area (Å²) in [4.78, 5) is 0. The first-order chi connectivity index (χ1) is 8.23. The molecule has 92 valence electrons. The molecule has 1 aromatic rings. The predicted octanol–water partition coefficient (Wildman–Crippen LogP) is 2.53. The first-order valence-electron chi connectivity index (χ1n) is 6.65. The van der Waals surface area contributed by atoms with E-state index in [4.69, 9.17) is 4.74 Å². The molecular formula is C15H21NO. The average Bonchev–Trinajstić information content (AvgIpc) is 2.68. The lowest BCUT2D eigenvalue weighted by molar-refractivity contribution is -0.0921. The van der Waals surface area contributed by atoms with Crippen LogP contribution in [0.1, 0.15) is 36.0 Å². The normalized spacial score (nSPS) is 31.8. The Hall–Kier alpha value is -0.860. The fourth-order valence-electron chi connectivity index (χ4n) is 3.37. The van der Waals surface area contributed by atoms with Gasteiger partial charge in [0.2, 0.25) is 0 Å². The van der Waals surface area contributed by atoms with E-state index in [0.29, 0.717) is 6.04 Å². The van der Waals surface area contributed by atoms with E-state index in [0.717, 1.165) is 25.9 Å². The van der Waals surface area contributed by atoms with Gasteiger partial charge in [0, 0.05) is 12.6 Å². The topological polar surface area (TPSA) is 21.3 Å². The van der Waals surface area contributed by atoms with Crippen molar-refractivity contribution >= 4 is 0 Å². The summed E-state index contributed by atoms with van der Waals surface area (Å²) in [6.07, 6.45) is 4.59. The van der Waals surface area contributed by atoms with E-state index >= 15 is 0 Å². The van der Waals surface area contributed by atoms with Gasteiger partial charge in [-0.15, -0.1) is 0 Å². The van der Waals surface area contributed by atoms with Gasteiger partial charge in [-0.1, -0.05) is 23.8 Å². The molecule has 0 aromatic heterocycles. The second-order valence-corrected chi connectivity index (χ2v) is 5.48. The molecule has 1 N–H and O–H groups in total. The third kappa shape index (κ3) is 1.80. The van der Waals surface area contributed by atoms with Gasteiger partial charge in [-0.3, -0.25) is 0 Å². The second kappa shape index (κ2) is 4.11. The van der Waals surface area contributed by atoms with E-state index in [1.807, 2.05) is 0 Å². The van der Waals surface area contributed by atoms with Crippen LogP contribution in [-0.4, -0.2) is 19.7 Å². The Balaban J connectivity index is 1.98. The molecule has 2 unspecified atom stereocenters. The monoisotopic (exact) mass is 231 g/mol. The molecule has 1 heterocycles. The van der Waals surface area contributed by atoms with Crippen LogP contribution in [0.3, 0.4) is 0 Å². The van der Waals surface area contributed by atoms with Crippen LogP contribution in [0, 0.1) is 6.92 Å². The lowest BCUT2D eigenvalue weighted by Gasteiger charge is -2.39. The summed E-state index contributed by atoms with van der Waals surface area (Å²) in [5.41, 5.74) is 4.30. The number of ether oxygens (including phenoxy) is 1. The van der Waals surface area contributed by atoms with Gasteiger partial charge in [0.25, 0.3) is 0 Å². The van der Waals surface area contributed by atoms with Crippen LogP contribution in [0.2, 0.25) is 0 Å². The zero-order valence-electron chi connectivity index (χ0n) is 10.8. The van der Waals surface area contributed by atoms with Gasteiger partial charge in [0.05, 0.1) is 5.60 Å². The number of benzene rings is 1. The lowest BCUT2D eigenvalue weighted by atomic mass is 9.85. The number of hydrogen-bond donors (Lipinski definition) is 1. The molecule has 1 aliphatic heterocycles. The van der Waals surface area contributed by atoms with E-state index in [2.05, 4.69) is 37.5 Å².